The molecule has 0 spiro atoms. The minimum atomic E-state index is -0.771. The molecule has 12 heavy (non-hydrogen) atoms. The van der Waals surface area contributed by atoms with E-state index in [0.29, 0.717) is 0 Å². The number of rotatable bonds is 1. The van der Waals surface area contributed by atoms with Crippen molar-refractivity contribution in [2.75, 3.05) is 0 Å². The van der Waals surface area contributed by atoms with Crippen LogP contribution in [0.5, 0.6) is 0 Å². The van der Waals surface area contributed by atoms with Crippen LogP contribution in [0.1, 0.15) is 0 Å². The Morgan fingerprint density at radius 2 is 1.92 bits per heavy atom. The molecule has 0 atom stereocenters. The van der Waals surface area contributed by atoms with Crippen molar-refractivity contribution >= 4 is 29.7 Å². The molecule has 0 saturated carbocycles. The Labute approximate surface area is 76.4 Å². The van der Waals surface area contributed by atoms with E-state index in [2.05, 4.69) is 23.7 Å². The van der Waals surface area contributed by atoms with Gasteiger partial charge in [-0.15, -0.1) is 0 Å². The maximum atomic E-state index is 5.69. The van der Waals surface area contributed by atoms with Gasteiger partial charge in [-0.3, -0.25) is 0 Å². The summed E-state index contributed by atoms with van der Waals surface area (Å²) in [5, 5.41) is 1.23. The van der Waals surface area contributed by atoms with E-state index in [9.17, 15) is 0 Å². The summed E-state index contributed by atoms with van der Waals surface area (Å²) in [6.07, 6.45) is 0. The van der Waals surface area contributed by atoms with Crippen LogP contribution in [0.25, 0.3) is 11.0 Å². The van der Waals surface area contributed by atoms with Gasteiger partial charge in [0.2, 0.25) is 0 Å². The third-order valence-corrected chi connectivity index (χ3v) is 3.44. The third kappa shape index (κ3) is 1.29. The van der Waals surface area contributed by atoms with Crippen molar-refractivity contribution in [3.8, 4) is 0 Å². The molecule has 1 aromatic heterocycles. The Hall–Kier alpha value is -0.708. The van der Waals surface area contributed by atoms with Gasteiger partial charge in [0, 0.05) is 10.0 Å². The summed E-state index contributed by atoms with van der Waals surface area (Å²) in [4.78, 5) is 0. The average molecular weight is 174 g/mol. The lowest BCUT2D eigenvalue weighted by Crippen LogP contribution is -2.19. The van der Waals surface area contributed by atoms with Crippen molar-refractivity contribution in [1.29, 1.82) is 0 Å². The Bertz CT molecular complexity index is 356. The molecule has 0 radical (unpaired) electrons. The second kappa shape index (κ2) is 2.97. The highest BCUT2D eigenvalue weighted by Crippen LogP contribution is 2.12. The van der Waals surface area contributed by atoms with Gasteiger partial charge in [-0.25, -0.2) is 0 Å². The Kier molecular flexibility index (Phi) is 1.96. The monoisotopic (exact) mass is 174 g/mol. The molecular formula is C10H11AlO. The van der Waals surface area contributed by atoms with Crippen molar-refractivity contribution in [3.63, 3.8) is 0 Å². The zero-order chi connectivity index (χ0) is 8.55. The zero-order valence-electron chi connectivity index (χ0n) is 7.37. The van der Waals surface area contributed by atoms with Crippen molar-refractivity contribution < 1.29 is 4.42 Å². The first-order chi connectivity index (χ1) is 5.77. The highest BCUT2D eigenvalue weighted by atomic mass is 27.2. The molecule has 2 heteroatoms. The Morgan fingerprint density at radius 1 is 1.17 bits per heavy atom. The molecule has 1 heterocycles. The second-order valence-corrected chi connectivity index (χ2v) is 6.22. The van der Waals surface area contributed by atoms with Gasteiger partial charge in [0.25, 0.3) is 0 Å². The summed E-state index contributed by atoms with van der Waals surface area (Å²) in [6.45, 7) is 0. The number of hydrogen-bond donors (Lipinski definition) is 0. The second-order valence-electron chi connectivity index (χ2n) is 3.34. The average Bonchev–Trinajstić information content (AvgIpc) is 2.46. The lowest BCUT2D eigenvalue weighted by atomic mass is 10.3. The normalized spacial score (nSPS) is 10.5. The molecule has 1 aromatic carbocycles. The van der Waals surface area contributed by atoms with Gasteiger partial charge in [-0.05, 0) is 12.1 Å². The minimum Gasteiger partial charge on any atom is -0.480 e. The summed E-state index contributed by atoms with van der Waals surface area (Å²) in [6, 6.07) is 10.3. The number of furan rings is 1. The summed E-state index contributed by atoms with van der Waals surface area (Å²) in [5.41, 5.74) is 1.02. The van der Waals surface area contributed by atoms with E-state index in [-0.39, 0.29) is 0 Å². The molecule has 0 fully saturated rings. The first-order valence-corrected chi connectivity index (χ1v) is 7.14. The summed E-state index contributed by atoms with van der Waals surface area (Å²) in [7, 11) is 0. The molecule has 0 amide bonds. The molecule has 60 valence electrons. The Balaban J connectivity index is 2.62. The van der Waals surface area contributed by atoms with Crippen LogP contribution in [-0.2, 0) is 0 Å². The highest BCUT2D eigenvalue weighted by molar-refractivity contribution is 6.69. The summed E-state index contributed by atoms with van der Waals surface area (Å²) >= 11 is -0.771. The van der Waals surface area contributed by atoms with E-state index in [4.69, 9.17) is 4.42 Å². The number of hydrogen-bond acceptors (Lipinski definition) is 1. The smallest absolute Gasteiger partial charge is 0.358 e. The quantitative estimate of drug-likeness (QED) is 0.605. The van der Waals surface area contributed by atoms with Crippen LogP contribution in [0.2, 0.25) is 11.6 Å². The maximum absolute atomic E-state index is 5.69. The van der Waals surface area contributed by atoms with Crippen LogP contribution in [0.15, 0.2) is 34.7 Å². The van der Waals surface area contributed by atoms with Gasteiger partial charge < -0.3 is 4.42 Å². The van der Waals surface area contributed by atoms with Crippen molar-refractivity contribution in [2.45, 2.75) is 11.6 Å². The molecule has 0 aliphatic rings. The third-order valence-electron chi connectivity index (χ3n) is 2.01. The van der Waals surface area contributed by atoms with Crippen LogP contribution in [0.3, 0.4) is 0 Å². The molecule has 2 aromatic rings. The standard InChI is InChI=1S/C8H5O.2CH3.Al/c1-2-4-8-7(3-1)5-6-9-8;;;/h1-5H;2*1H3;. The first kappa shape index (κ1) is 7.92. The number of fused-ring (bicyclic) bond motifs is 1. The molecule has 2 rings (SSSR count). The van der Waals surface area contributed by atoms with E-state index >= 15 is 0 Å². The molecule has 0 aliphatic heterocycles. The topological polar surface area (TPSA) is 13.1 Å². The molecule has 1 nitrogen and oxygen atoms in total. The number of para-hydroxylation sites is 1. The summed E-state index contributed by atoms with van der Waals surface area (Å²) < 4.78 is 6.90. The van der Waals surface area contributed by atoms with Crippen molar-refractivity contribution in [1.82, 2.24) is 0 Å². The molecular weight excluding hydrogens is 163 g/mol. The van der Waals surface area contributed by atoms with Crippen LogP contribution < -0.4 is 4.62 Å². The van der Waals surface area contributed by atoms with Crippen LogP contribution >= 0.6 is 0 Å². The van der Waals surface area contributed by atoms with Gasteiger partial charge >= 0.3 is 14.1 Å². The van der Waals surface area contributed by atoms with E-state index in [1.54, 1.807) is 0 Å². The van der Waals surface area contributed by atoms with E-state index < -0.39 is 14.1 Å². The zero-order valence-corrected chi connectivity index (χ0v) is 8.53. The molecule has 0 saturated heterocycles. The highest BCUT2D eigenvalue weighted by Gasteiger charge is 2.11. The first-order valence-electron chi connectivity index (χ1n) is 4.26. The summed E-state index contributed by atoms with van der Waals surface area (Å²) in [5.74, 6) is 4.55. The minimum absolute atomic E-state index is 0.771. The van der Waals surface area contributed by atoms with Gasteiger partial charge in [0.1, 0.15) is 5.58 Å². The van der Waals surface area contributed by atoms with Crippen LogP contribution in [0, 0.1) is 0 Å². The van der Waals surface area contributed by atoms with Gasteiger partial charge in [-0.2, -0.15) is 0 Å². The van der Waals surface area contributed by atoms with E-state index in [1.165, 1.54) is 10.0 Å². The van der Waals surface area contributed by atoms with Gasteiger partial charge in [0.15, 0.2) is 0 Å². The fourth-order valence-electron chi connectivity index (χ4n) is 1.29. The van der Waals surface area contributed by atoms with E-state index in [1.807, 2.05) is 18.2 Å². The SMILES string of the molecule is [CH3][Al]([CH3])[c]1cc2ccccc2o1. The Morgan fingerprint density at radius 3 is 2.58 bits per heavy atom. The molecule has 0 aliphatic carbocycles. The fourth-order valence-corrected chi connectivity index (χ4v) is 2.16. The van der Waals surface area contributed by atoms with Crippen LogP contribution in [-0.4, -0.2) is 14.1 Å². The predicted octanol–water partition coefficient (Wildman–Crippen LogP) is 2.39. The lowest BCUT2D eigenvalue weighted by molar-refractivity contribution is 0.650. The van der Waals surface area contributed by atoms with Gasteiger partial charge in [-0.1, -0.05) is 29.8 Å². The maximum Gasteiger partial charge on any atom is 0.358 e. The molecule has 0 N–H and O–H groups in total. The lowest BCUT2D eigenvalue weighted by Gasteiger charge is -1.89. The van der Waals surface area contributed by atoms with Crippen molar-refractivity contribution in [3.05, 3.63) is 30.3 Å². The van der Waals surface area contributed by atoms with Crippen molar-refractivity contribution in [2.24, 2.45) is 0 Å². The van der Waals surface area contributed by atoms with E-state index in [0.717, 1.165) is 5.58 Å². The predicted molar refractivity (Wildman–Crippen MR) is 53.3 cm³/mol. The van der Waals surface area contributed by atoms with Crippen LogP contribution in [0.4, 0.5) is 0 Å². The largest absolute Gasteiger partial charge is 0.480 e. The molecule has 0 unspecified atom stereocenters. The molecule has 0 bridgehead atoms. The number of benzene rings is 1. The fraction of sp³-hybridized carbons (Fsp3) is 0.200. The van der Waals surface area contributed by atoms with Gasteiger partial charge in [0.05, 0.1) is 0 Å².